The normalized spacial score (nSPS) is 19.4. The fourth-order valence-corrected chi connectivity index (χ4v) is 3.49. The summed E-state index contributed by atoms with van der Waals surface area (Å²) < 4.78 is 5.68. The van der Waals surface area contributed by atoms with E-state index in [-0.39, 0.29) is 12.5 Å². The summed E-state index contributed by atoms with van der Waals surface area (Å²) in [7, 11) is 0. The van der Waals surface area contributed by atoms with Gasteiger partial charge in [0.05, 0.1) is 17.1 Å². The number of nitrogen functional groups attached to an aromatic ring is 1. The molecule has 0 spiro atoms. The molecule has 1 aliphatic carbocycles. The van der Waals surface area contributed by atoms with E-state index in [0.29, 0.717) is 21.9 Å². The van der Waals surface area contributed by atoms with E-state index in [0.717, 1.165) is 12.2 Å². The number of hydrogen-bond acceptors (Lipinski definition) is 5. The highest BCUT2D eigenvalue weighted by Gasteiger charge is 2.36. The van der Waals surface area contributed by atoms with Crippen LogP contribution in [-0.4, -0.2) is 30.1 Å². The molecule has 1 amide bonds. The van der Waals surface area contributed by atoms with Crippen LogP contribution in [0.3, 0.4) is 0 Å². The number of fused-ring (bicyclic) bond motifs is 1. The Bertz CT molecular complexity index is 538. The van der Waals surface area contributed by atoms with Crippen LogP contribution in [0.5, 0.6) is 5.75 Å². The van der Waals surface area contributed by atoms with Crippen molar-refractivity contribution in [2.24, 2.45) is 0 Å². The molecule has 1 aromatic carbocycles. The molecule has 0 radical (unpaired) electrons. The summed E-state index contributed by atoms with van der Waals surface area (Å²) in [5, 5.41) is 6.22. The first-order chi connectivity index (χ1) is 9.62. The van der Waals surface area contributed by atoms with Crippen molar-refractivity contribution in [2.75, 3.05) is 35.8 Å². The van der Waals surface area contributed by atoms with Gasteiger partial charge in [-0.2, -0.15) is 11.8 Å². The summed E-state index contributed by atoms with van der Waals surface area (Å²) in [5.41, 5.74) is 8.24. The van der Waals surface area contributed by atoms with Gasteiger partial charge in [-0.3, -0.25) is 4.79 Å². The first-order valence-corrected chi connectivity index (χ1v) is 8.00. The number of nitrogens with two attached hydrogens (primary N) is 1. The van der Waals surface area contributed by atoms with E-state index in [2.05, 4.69) is 16.9 Å². The minimum Gasteiger partial charge on any atom is -0.482 e. The number of amides is 1. The van der Waals surface area contributed by atoms with Crippen molar-refractivity contribution in [1.82, 2.24) is 0 Å². The molecular formula is C14H19N3O2S. The van der Waals surface area contributed by atoms with Gasteiger partial charge in [-0.15, -0.1) is 0 Å². The summed E-state index contributed by atoms with van der Waals surface area (Å²) >= 11 is 1.92. The van der Waals surface area contributed by atoms with Crippen LogP contribution in [0.25, 0.3) is 0 Å². The van der Waals surface area contributed by atoms with E-state index in [1.807, 2.05) is 17.8 Å². The SMILES string of the molecule is CSC1(CNc2cc3c(cc2N)OCC(=O)N3)CCC1. The standard InChI is InChI=1S/C14H19N3O2S/c1-20-14(3-2-4-14)8-16-10-6-11-12(5-9(10)15)19-7-13(18)17-11/h5-6,16H,2-4,7-8,15H2,1H3,(H,17,18). The van der Waals surface area contributed by atoms with Crippen molar-refractivity contribution in [3.05, 3.63) is 12.1 Å². The third-order valence-electron chi connectivity index (χ3n) is 4.08. The fraction of sp³-hybridized carbons (Fsp3) is 0.500. The van der Waals surface area contributed by atoms with E-state index in [4.69, 9.17) is 10.5 Å². The molecule has 1 aromatic rings. The minimum atomic E-state index is -0.132. The van der Waals surface area contributed by atoms with Crippen molar-refractivity contribution in [3.63, 3.8) is 0 Å². The van der Waals surface area contributed by atoms with Gasteiger partial charge < -0.3 is 21.1 Å². The summed E-state index contributed by atoms with van der Waals surface area (Å²) in [6.07, 6.45) is 5.94. The number of ether oxygens (including phenoxy) is 1. The molecule has 108 valence electrons. The number of hydrogen-bond donors (Lipinski definition) is 3. The molecule has 3 rings (SSSR count). The number of carbonyl (C=O) groups is 1. The lowest BCUT2D eigenvalue weighted by Crippen LogP contribution is -2.40. The van der Waals surface area contributed by atoms with Crippen LogP contribution in [0, 0.1) is 0 Å². The van der Waals surface area contributed by atoms with Crippen molar-refractivity contribution in [3.8, 4) is 5.75 Å². The number of nitrogens with one attached hydrogen (secondary N) is 2. The van der Waals surface area contributed by atoms with E-state index < -0.39 is 0 Å². The highest BCUT2D eigenvalue weighted by molar-refractivity contribution is 8.00. The van der Waals surface area contributed by atoms with E-state index in [1.165, 1.54) is 19.3 Å². The molecule has 0 aromatic heterocycles. The highest BCUT2D eigenvalue weighted by Crippen LogP contribution is 2.43. The van der Waals surface area contributed by atoms with Crippen molar-refractivity contribution in [1.29, 1.82) is 0 Å². The third-order valence-corrected chi connectivity index (χ3v) is 5.50. The molecule has 20 heavy (non-hydrogen) atoms. The summed E-state index contributed by atoms with van der Waals surface area (Å²) in [6, 6.07) is 3.62. The van der Waals surface area contributed by atoms with Crippen LogP contribution in [-0.2, 0) is 4.79 Å². The van der Waals surface area contributed by atoms with Crippen LogP contribution in [0.1, 0.15) is 19.3 Å². The summed E-state index contributed by atoms with van der Waals surface area (Å²) in [4.78, 5) is 11.3. The second-order valence-electron chi connectivity index (χ2n) is 5.37. The molecule has 1 fully saturated rings. The van der Waals surface area contributed by atoms with Gasteiger partial charge in [0, 0.05) is 17.4 Å². The first-order valence-electron chi connectivity index (χ1n) is 6.77. The highest BCUT2D eigenvalue weighted by atomic mass is 32.2. The zero-order chi connectivity index (χ0) is 14.2. The Morgan fingerprint density at radius 1 is 1.50 bits per heavy atom. The van der Waals surface area contributed by atoms with Crippen LogP contribution < -0.4 is 21.1 Å². The predicted molar refractivity (Wildman–Crippen MR) is 83.6 cm³/mol. The first kappa shape index (κ1) is 13.4. The Labute approximate surface area is 122 Å². The molecule has 0 unspecified atom stereocenters. The molecule has 2 aliphatic rings. The van der Waals surface area contributed by atoms with Gasteiger partial charge in [-0.05, 0) is 25.2 Å². The lowest BCUT2D eigenvalue weighted by atomic mass is 9.84. The second-order valence-corrected chi connectivity index (χ2v) is 6.64. The summed E-state index contributed by atoms with van der Waals surface area (Å²) in [5.74, 6) is 0.503. The zero-order valence-corrected chi connectivity index (χ0v) is 12.3. The lowest BCUT2D eigenvalue weighted by molar-refractivity contribution is -0.118. The van der Waals surface area contributed by atoms with Gasteiger partial charge in [0.2, 0.25) is 0 Å². The largest absolute Gasteiger partial charge is 0.482 e. The monoisotopic (exact) mass is 293 g/mol. The molecule has 5 nitrogen and oxygen atoms in total. The van der Waals surface area contributed by atoms with E-state index in [9.17, 15) is 4.79 Å². The number of thioether (sulfide) groups is 1. The average Bonchev–Trinajstić information content (AvgIpc) is 2.39. The second kappa shape index (κ2) is 5.09. The Hall–Kier alpha value is -1.56. The fourth-order valence-electron chi connectivity index (χ4n) is 2.58. The predicted octanol–water partition coefficient (Wildman–Crippen LogP) is 2.30. The van der Waals surface area contributed by atoms with Crippen LogP contribution in [0.15, 0.2) is 12.1 Å². The van der Waals surface area contributed by atoms with Crippen molar-refractivity contribution < 1.29 is 9.53 Å². The maximum atomic E-state index is 11.3. The molecular weight excluding hydrogens is 274 g/mol. The Morgan fingerprint density at radius 2 is 2.30 bits per heavy atom. The topological polar surface area (TPSA) is 76.4 Å². The molecule has 0 bridgehead atoms. The van der Waals surface area contributed by atoms with Gasteiger partial charge >= 0.3 is 0 Å². The smallest absolute Gasteiger partial charge is 0.262 e. The summed E-state index contributed by atoms with van der Waals surface area (Å²) in [6.45, 7) is 0.945. The van der Waals surface area contributed by atoms with Gasteiger partial charge in [-0.1, -0.05) is 6.42 Å². The maximum absolute atomic E-state index is 11.3. The molecule has 0 atom stereocenters. The molecule has 4 N–H and O–H groups in total. The van der Waals surface area contributed by atoms with Crippen LogP contribution >= 0.6 is 11.8 Å². The van der Waals surface area contributed by atoms with Crippen LogP contribution in [0.4, 0.5) is 17.1 Å². The minimum absolute atomic E-state index is 0.0504. The Kier molecular flexibility index (Phi) is 3.41. The molecule has 1 heterocycles. The molecule has 1 saturated carbocycles. The number of anilines is 3. The van der Waals surface area contributed by atoms with Crippen molar-refractivity contribution >= 4 is 34.7 Å². The van der Waals surface area contributed by atoms with E-state index >= 15 is 0 Å². The van der Waals surface area contributed by atoms with E-state index in [1.54, 1.807) is 6.07 Å². The van der Waals surface area contributed by atoms with Gasteiger partial charge in [0.25, 0.3) is 5.91 Å². The third kappa shape index (κ3) is 2.40. The Morgan fingerprint density at radius 3 is 2.95 bits per heavy atom. The Balaban J connectivity index is 1.76. The molecule has 0 saturated heterocycles. The average molecular weight is 293 g/mol. The lowest BCUT2D eigenvalue weighted by Gasteiger charge is -2.40. The van der Waals surface area contributed by atoms with Gasteiger partial charge in [0.1, 0.15) is 5.75 Å². The maximum Gasteiger partial charge on any atom is 0.262 e. The number of rotatable bonds is 4. The number of carbonyl (C=O) groups excluding carboxylic acids is 1. The molecule has 6 heteroatoms. The van der Waals surface area contributed by atoms with Crippen LogP contribution in [0.2, 0.25) is 0 Å². The van der Waals surface area contributed by atoms with Crippen molar-refractivity contribution in [2.45, 2.75) is 24.0 Å². The quantitative estimate of drug-likeness (QED) is 0.743. The molecule has 1 aliphatic heterocycles. The zero-order valence-electron chi connectivity index (χ0n) is 11.5. The van der Waals surface area contributed by atoms with Gasteiger partial charge in [-0.25, -0.2) is 0 Å². The van der Waals surface area contributed by atoms with Gasteiger partial charge in [0.15, 0.2) is 6.61 Å². The number of benzene rings is 1.